The Labute approximate surface area is 174 Å². The van der Waals surface area contributed by atoms with Crippen molar-refractivity contribution in [2.24, 2.45) is 0 Å². The molecule has 4 rings (SSSR count). The van der Waals surface area contributed by atoms with Crippen LogP contribution in [0.15, 0.2) is 48.5 Å². The Morgan fingerprint density at radius 1 is 1.07 bits per heavy atom. The second-order valence-corrected chi connectivity index (χ2v) is 7.31. The molecule has 0 unspecified atom stereocenters. The van der Waals surface area contributed by atoms with Gasteiger partial charge in [0.1, 0.15) is 0 Å². The number of aryl methyl sites for hydroxylation is 1. The van der Waals surface area contributed by atoms with Crippen LogP contribution in [0.25, 0.3) is 10.9 Å². The number of para-hydroxylation sites is 1. The highest BCUT2D eigenvalue weighted by atomic mass is 16.5. The number of carbonyl (C=O) groups is 2. The molecule has 150 valence electrons. The maximum Gasteiger partial charge on any atom is 0.339 e. The quantitative estimate of drug-likeness (QED) is 0.525. The van der Waals surface area contributed by atoms with Crippen molar-refractivity contribution in [2.75, 3.05) is 11.9 Å². The molecule has 0 spiro atoms. The molecule has 1 amide bonds. The van der Waals surface area contributed by atoms with Crippen LogP contribution in [0.5, 0.6) is 0 Å². The van der Waals surface area contributed by atoms with Gasteiger partial charge in [-0.05, 0) is 55.5 Å². The molecule has 0 atom stereocenters. The van der Waals surface area contributed by atoms with E-state index >= 15 is 0 Å². The minimum Gasteiger partial charge on any atom is -0.452 e. The Kier molecular flexibility index (Phi) is 5.71. The van der Waals surface area contributed by atoms with E-state index in [-0.39, 0.29) is 0 Å². The number of anilines is 1. The van der Waals surface area contributed by atoms with Gasteiger partial charge < -0.3 is 10.1 Å². The number of ether oxygens (including phenoxy) is 1. The summed E-state index contributed by atoms with van der Waals surface area (Å²) < 4.78 is 5.39. The van der Waals surface area contributed by atoms with Crippen molar-refractivity contribution in [3.05, 3.63) is 70.9 Å². The standard InChI is InChI=1S/C24H21N3O3/c25-14-16-7-6-8-17(13-16)26-22(28)15-30-24(29)23-18-9-2-1-3-11-20(18)27-21-12-5-4-10-19(21)23/h4-8,10,12-13H,1-3,9,11,15H2,(H,26,28). The van der Waals surface area contributed by atoms with Crippen molar-refractivity contribution >= 4 is 28.5 Å². The van der Waals surface area contributed by atoms with E-state index in [4.69, 9.17) is 15.0 Å². The number of aromatic nitrogens is 1. The number of rotatable bonds is 4. The Morgan fingerprint density at radius 2 is 1.90 bits per heavy atom. The van der Waals surface area contributed by atoms with E-state index in [0.29, 0.717) is 16.8 Å². The van der Waals surface area contributed by atoms with Gasteiger partial charge in [-0.2, -0.15) is 5.26 Å². The van der Waals surface area contributed by atoms with Crippen LogP contribution in [0, 0.1) is 11.3 Å². The van der Waals surface area contributed by atoms with E-state index in [9.17, 15) is 9.59 Å². The van der Waals surface area contributed by atoms with E-state index in [1.165, 1.54) is 0 Å². The molecular formula is C24H21N3O3. The lowest BCUT2D eigenvalue weighted by Gasteiger charge is -2.15. The van der Waals surface area contributed by atoms with Crippen molar-refractivity contribution in [3.63, 3.8) is 0 Å². The predicted octanol–water partition coefficient (Wildman–Crippen LogP) is 4.17. The molecule has 6 nitrogen and oxygen atoms in total. The Hall–Kier alpha value is -3.72. The molecule has 0 radical (unpaired) electrons. The molecule has 3 aromatic rings. The lowest BCUT2D eigenvalue weighted by molar-refractivity contribution is -0.119. The normalized spacial score (nSPS) is 13.0. The van der Waals surface area contributed by atoms with E-state index in [0.717, 1.165) is 54.3 Å². The summed E-state index contributed by atoms with van der Waals surface area (Å²) in [5, 5.41) is 12.4. The lowest BCUT2D eigenvalue weighted by atomic mass is 9.97. The number of hydrogen-bond donors (Lipinski definition) is 1. The van der Waals surface area contributed by atoms with Crippen molar-refractivity contribution < 1.29 is 14.3 Å². The highest BCUT2D eigenvalue weighted by molar-refractivity contribution is 6.06. The molecular weight excluding hydrogens is 378 g/mol. The van der Waals surface area contributed by atoms with Crippen molar-refractivity contribution in [2.45, 2.75) is 32.1 Å². The number of amides is 1. The fourth-order valence-corrected chi connectivity index (χ4v) is 3.85. The van der Waals surface area contributed by atoms with E-state index < -0.39 is 18.5 Å². The van der Waals surface area contributed by atoms with E-state index in [1.807, 2.05) is 30.3 Å². The lowest BCUT2D eigenvalue weighted by Crippen LogP contribution is -2.22. The fraction of sp³-hybridized carbons (Fsp3) is 0.250. The minimum absolute atomic E-state index is 0.402. The average molecular weight is 399 g/mol. The highest BCUT2D eigenvalue weighted by Crippen LogP contribution is 2.29. The Bertz CT molecular complexity index is 1160. The van der Waals surface area contributed by atoms with Crippen molar-refractivity contribution in [3.8, 4) is 6.07 Å². The van der Waals surface area contributed by atoms with Gasteiger partial charge >= 0.3 is 5.97 Å². The number of nitriles is 1. The summed E-state index contributed by atoms with van der Waals surface area (Å²) in [7, 11) is 0. The number of carbonyl (C=O) groups excluding carboxylic acids is 2. The third kappa shape index (κ3) is 4.15. The SMILES string of the molecule is N#Cc1cccc(NC(=O)COC(=O)c2c3c(nc4ccccc24)CCCCC3)c1. The summed E-state index contributed by atoms with van der Waals surface area (Å²) in [6, 6.07) is 16.1. The second-order valence-electron chi connectivity index (χ2n) is 7.31. The zero-order chi connectivity index (χ0) is 20.9. The van der Waals surface area contributed by atoms with Crippen LogP contribution in [-0.2, 0) is 22.4 Å². The van der Waals surface area contributed by atoms with Gasteiger partial charge in [0.25, 0.3) is 5.91 Å². The maximum absolute atomic E-state index is 13.0. The minimum atomic E-state index is -0.507. The molecule has 1 heterocycles. The summed E-state index contributed by atoms with van der Waals surface area (Å²) >= 11 is 0. The van der Waals surface area contributed by atoms with Crippen LogP contribution >= 0.6 is 0 Å². The molecule has 0 saturated heterocycles. The molecule has 1 aliphatic carbocycles. The first-order chi connectivity index (χ1) is 14.7. The van der Waals surface area contributed by atoms with Gasteiger partial charge in [0.05, 0.1) is 22.7 Å². The van der Waals surface area contributed by atoms with Crippen molar-refractivity contribution in [1.82, 2.24) is 4.98 Å². The first-order valence-electron chi connectivity index (χ1n) is 10.0. The zero-order valence-corrected chi connectivity index (χ0v) is 16.5. The number of hydrogen-bond acceptors (Lipinski definition) is 5. The largest absolute Gasteiger partial charge is 0.452 e. The predicted molar refractivity (Wildman–Crippen MR) is 113 cm³/mol. The number of benzene rings is 2. The molecule has 0 saturated carbocycles. The zero-order valence-electron chi connectivity index (χ0n) is 16.5. The number of pyridine rings is 1. The second kappa shape index (κ2) is 8.75. The smallest absolute Gasteiger partial charge is 0.339 e. The van der Waals surface area contributed by atoms with Crippen LogP contribution in [0.4, 0.5) is 5.69 Å². The van der Waals surface area contributed by atoms with Crippen LogP contribution < -0.4 is 5.32 Å². The van der Waals surface area contributed by atoms with Gasteiger partial charge in [-0.15, -0.1) is 0 Å². The maximum atomic E-state index is 13.0. The summed E-state index contributed by atoms with van der Waals surface area (Å²) in [6.45, 7) is -0.402. The van der Waals surface area contributed by atoms with E-state index in [1.54, 1.807) is 24.3 Å². The first-order valence-corrected chi connectivity index (χ1v) is 10.0. The molecule has 30 heavy (non-hydrogen) atoms. The summed E-state index contributed by atoms with van der Waals surface area (Å²) in [5.74, 6) is -0.962. The summed E-state index contributed by atoms with van der Waals surface area (Å²) in [4.78, 5) is 30.1. The number of nitrogens with zero attached hydrogens (tertiary/aromatic N) is 2. The average Bonchev–Trinajstić information content (AvgIpc) is 3.01. The van der Waals surface area contributed by atoms with Gasteiger partial charge in [-0.25, -0.2) is 4.79 Å². The molecule has 0 fully saturated rings. The third-order valence-corrected chi connectivity index (χ3v) is 5.23. The van der Waals surface area contributed by atoms with Crippen molar-refractivity contribution in [1.29, 1.82) is 5.26 Å². The molecule has 0 aliphatic heterocycles. The first kappa shape index (κ1) is 19.6. The van der Waals surface area contributed by atoms with Gasteiger partial charge in [0.2, 0.25) is 0 Å². The summed E-state index contributed by atoms with van der Waals surface area (Å²) in [5.41, 5.74) is 4.11. The molecule has 6 heteroatoms. The fourth-order valence-electron chi connectivity index (χ4n) is 3.85. The van der Waals surface area contributed by atoms with Gasteiger partial charge in [0, 0.05) is 16.8 Å². The molecule has 1 aliphatic rings. The Morgan fingerprint density at radius 3 is 2.77 bits per heavy atom. The van der Waals surface area contributed by atoms with Gasteiger partial charge in [-0.3, -0.25) is 9.78 Å². The molecule has 2 aromatic carbocycles. The van der Waals surface area contributed by atoms with Crippen LogP contribution in [-0.4, -0.2) is 23.5 Å². The Balaban J connectivity index is 1.55. The number of fused-ring (bicyclic) bond motifs is 2. The third-order valence-electron chi connectivity index (χ3n) is 5.23. The topological polar surface area (TPSA) is 92.1 Å². The van der Waals surface area contributed by atoms with E-state index in [2.05, 4.69) is 5.32 Å². The van der Waals surface area contributed by atoms with Crippen LogP contribution in [0.2, 0.25) is 0 Å². The van der Waals surface area contributed by atoms with Gasteiger partial charge in [0.15, 0.2) is 6.61 Å². The van der Waals surface area contributed by atoms with Crippen LogP contribution in [0.1, 0.15) is 46.4 Å². The monoisotopic (exact) mass is 399 g/mol. The molecule has 0 bridgehead atoms. The van der Waals surface area contributed by atoms with Gasteiger partial charge in [-0.1, -0.05) is 30.7 Å². The molecule has 1 N–H and O–H groups in total. The molecule has 1 aromatic heterocycles. The highest BCUT2D eigenvalue weighted by Gasteiger charge is 2.23. The number of esters is 1. The summed E-state index contributed by atoms with van der Waals surface area (Å²) in [6.07, 6.45) is 4.78. The van der Waals surface area contributed by atoms with Crippen LogP contribution in [0.3, 0.4) is 0 Å². The number of nitrogens with one attached hydrogen (secondary N) is 1.